The molecule has 0 aromatic heterocycles. The molecule has 6 nitrogen and oxygen atoms in total. The molecule has 5 rings (SSSR count). The fraction of sp³-hybridized carbons (Fsp3) is 0.297. The average molecular weight is 579 g/mol. The van der Waals surface area contributed by atoms with Crippen LogP contribution in [0.5, 0.6) is 11.5 Å². The Morgan fingerprint density at radius 3 is 1.28 bits per heavy atom. The van der Waals surface area contributed by atoms with Crippen LogP contribution in [0.15, 0.2) is 84.9 Å². The molecule has 43 heavy (non-hydrogen) atoms. The number of carbonyl (C=O) groups is 2. The molecular formula is C37H38O6. The monoisotopic (exact) mass is 578 g/mol. The van der Waals surface area contributed by atoms with Crippen molar-refractivity contribution in [1.29, 1.82) is 0 Å². The number of carbonyl (C=O) groups excluding carboxylic acids is 2. The third-order valence-electron chi connectivity index (χ3n) is 7.33. The van der Waals surface area contributed by atoms with Gasteiger partial charge in [0.05, 0.1) is 5.41 Å². The Balaban J connectivity index is 1.65. The molecule has 1 aliphatic rings. The van der Waals surface area contributed by atoms with Gasteiger partial charge >= 0.3 is 12.3 Å². The van der Waals surface area contributed by atoms with Crippen molar-refractivity contribution in [2.45, 2.75) is 72.0 Å². The van der Waals surface area contributed by atoms with Crippen LogP contribution in [0.4, 0.5) is 9.59 Å². The second kappa shape index (κ2) is 10.9. The summed E-state index contributed by atoms with van der Waals surface area (Å²) in [4.78, 5) is 24.9. The van der Waals surface area contributed by atoms with Crippen LogP contribution in [-0.4, -0.2) is 23.5 Å². The summed E-state index contributed by atoms with van der Waals surface area (Å²) in [6, 6.07) is 28.6. The third kappa shape index (κ3) is 5.87. The van der Waals surface area contributed by atoms with Gasteiger partial charge in [-0.15, -0.1) is 0 Å². The summed E-state index contributed by atoms with van der Waals surface area (Å²) in [5, 5.41) is 0. The minimum absolute atomic E-state index is 0.435. The molecule has 0 amide bonds. The highest BCUT2D eigenvalue weighted by atomic mass is 16.7. The molecule has 222 valence electrons. The van der Waals surface area contributed by atoms with Gasteiger partial charge in [0, 0.05) is 0 Å². The molecular weight excluding hydrogens is 540 g/mol. The predicted octanol–water partition coefficient (Wildman–Crippen LogP) is 9.29. The molecule has 0 spiro atoms. The zero-order valence-electron chi connectivity index (χ0n) is 26.0. The van der Waals surface area contributed by atoms with E-state index in [9.17, 15) is 9.59 Å². The standard InChI is InChI=1S/C37H38O6/c1-23-21-25(17-19-31(23)40-33(38)42-35(3,4)5)37(29-15-11-9-13-27(29)28-14-10-12-16-30(28)37)26-18-20-32(24(2)22-26)41-34(39)43-36(6,7)8/h9-22H,1-8H3. The maximum absolute atomic E-state index is 12.5. The van der Waals surface area contributed by atoms with E-state index >= 15 is 0 Å². The van der Waals surface area contributed by atoms with E-state index in [0.29, 0.717) is 11.5 Å². The molecule has 4 aromatic carbocycles. The van der Waals surface area contributed by atoms with Crippen LogP contribution in [0, 0.1) is 13.8 Å². The Bertz CT molecular complexity index is 1580. The van der Waals surface area contributed by atoms with Gasteiger partial charge in [-0.05, 0) is 112 Å². The van der Waals surface area contributed by atoms with E-state index in [4.69, 9.17) is 18.9 Å². The first-order chi connectivity index (χ1) is 20.2. The van der Waals surface area contributed by atoms with Gasteiger partial charge in [0.2, 0.25) is 0 Å². The van der Waals surface area contributed by atoms with E-state index in [-0.39, 0.29) is 0 Å². The lowest BCUT2D eigenvalue weighted by Gasteiger charge is -2.34. The van der Waals surface area contributed by atoms with E-state index in [1.165, 1.54) is 0 Å². The van der Waals surface area contributed by atoms with E-state index < -0.39 is 28.9 Å². The normalized spacial score (nSPS) is 13.5. The molecule has 4 aromatic rings. The summed E-state index contributed by atoms with van der Waals surface area (Å²) in [6.45, 7) is 14.6. The van der Waals surface area contributed by atoms with Crippen molar-refractivity contribution < 1.29 is 28.5 Å². The molecule has 0 atom stereocenters. The molecule has 0 N–H and O–H groups in total. The van der Waals surface area contributed by atoms with Crippen LogP contribution in [0.1, 0.15) is 74.9 Å². The molecule has 0 fully saturated rings. The third-order valence-corrected chi connectivity index (χ3v) is 7.33. The zero-order valence-corrected chi connectivity index (χ0v) is 26.0. The van der Waals surface area contributed by atoms with Crippen LogP contribution < -0.4 is 9.47 Å². The topological polar surface area (TPSA) is 71.1 Å². The number of ether oxygens (including phenoxy) is 4. The molecule has 0 saturated carbocycles. The number of aryl methyl sites for hydroxylation is 2. The van der Waals surface area contributed by atoms with Gasteiger partial charge in [0.15, 0.2) is 0 Å². The van der Waals surface area contributed by atoms with Crippen LogP contribution in [-0.2, 0) is 14.9 Å². The minimum Gasteiger partial charge on any atom is -0.428 e. The Hall–Kier alpha value is -4.58. The number of hydrogen-bond acceptors (Lipinski definition) is 6. The quantitative estimate of drug-likeness (QED) is 0.156. The summed E-state index contributed by atoms with van der Waals surface area (Å²) in [5.41, 5.74) is 6.18. The maximum atomic E-state index is 12.5. The van der Waals surface area contributed by atoms with Crippen molar-refractivity contribution in [3.63, 3.8) is 0 Å². The van der Waals surface area contributed by atoms with E-state index in [0.717, 1.165) is 44.5 Å². The fourth-order valence-electron chi connectivity index (χ4n) is 5.74. The maximum Gasteiger partial charge on any atom is 0.514 e. The molecule has 0 unspecified atom stereocenters. The van der Waals surface area contributed by atoms with Crippen molar-refractivity contribution in [3.05, 3.63) is 118 Å². The Kier molecular flexibility index (Phi) is 7.59. The molecule has 0 heterocycles. The summed E-state index contributed by atoms with van der Waals surface area (Å²) >= 11 is 0. The highest BCUT2D eigenvalue weighted by Crippen LogP contribution is 2.56. The van der Waals surface area contributed by atoms with Crippen molar-refractivity contribution in [2.75, 3.05) is 0 Å². The molecule has 6 heteroatoms. The van der Waals surface area contributed by atoms with Gasteiger partial charge in [-0.25, -0.2) is 9.59 Å². The fourth-order valence-corrected chi connectivity index (χ4v) is 5.74. The SMILES string of the molecule is Cc1cc(C2(c3ccc(OC(=O)OC(C)(C)C)c(C)c3)c3ccccc3-c3ccccc32)ccc1OC(=O)OC(C)(C)C. The van der Waals surface area contributed by atoms with Gasteiger partial charge in [0.1, 0.15) is 22.7 Å². The van der Waals surface area contributed by atoms with Gasteiger partial charge < -0.3 is 18.9 Å². The minimum atomic E-state index is -0.745. The lowest BCUT2D eigenvalue weighted by atomic mass is 9.67. The van der Waals surface area contributed by atoms with Gasteiger partial charge in [-0.2, -0.15) is 0 Å². The summed E-state index contributed by atoms with van der Waals surface area (Å²) in [7, 11) is 0. The van der Waals surface area contributed by atoms with Crippen LogP contribution in [0.2, 0.25) is 0 Å². The predicted molar refractivity (Wildman–Crippen MR) is 167 cm³/mol. The second-order valence-corrected chi connectivity index (χ2v) is 12.9. The van der Waals surface area contributed by atoms with Gasteiger partial charge in [-0.3, -0.25) is 0 Å². The highest BCUT2D eigenvalue weighted by Gasteiger charge is 2.46. The number of fused-ring (bicyclic) bond motifs is 3. The van der Waals surface area contributed by atoms with Crippen LogP contribution in [0.25, 0.3) is 11.1 Å². The van der Waals surface area contributed by atoms with Crippen molar-refractivity contribution in [2.24, 2.45) is 0 Å². The lowest BCUT2D eigenvalue weighted by Crippen LogP contribution is -2.29. The summed E-state index contributed by atoms with van der Waals surface area (Å²) < 4.78 is 22.0. The van der Waals surface area contributed by atoms with E-state index in [1.54, 1.807) is 41.5 Å². The van der Waals surface area contributed by atoms with Gasteiger partial charge in [-0.1, -0.05) is 72.8 Å². The second-order valence-electron chi connectivity index (χ2n) is 12.9. The first kappa shape index (κ1) is 29.9. The van der Waals surface area contributed by atoms with Crippen molar-refractivity contribution in [3.8, 4) is 22.6 Å². The number of benzene rings is 4. The first-order valence-corrected chi connectivity index (χ1v) is 14.4. The molecule has 0 radical (unpaired) electrons. The Morgan fingerprint density at radius 2 is 0.930 bits per heavy atom. The van der Waals surface area contributed by atoms with Crippen LogP contribution in [0.3, 0.4) is 0 Å². The largest absolute Gasteiger partial charge is 0.514 e. The Labute approximate surface area is 253 Å². The first-order valence-electron chi connectivity index (χ1n) is 14.4. The summed E-state index contributed by atoms with van der Waals surface area (Å²) in [6.07, 6.45) is -1.49. The molecule has 0 aliphatic heterocycles. The van der Waals surface area contributed by atoms with Crippen molar-refractivity contribution in [1.82, 2.24) is 0 Å². The highest BCUT2D eigenvalue weighted by molar-refractivity contribution is 5.86. The number of rotatable bonds is 4. The summed E-state index contributed by atoms with van der Waals surface area (Å²) in [5.74, 6) is 0.870. The average Bonchev–Trinajstić information content (AvgIpc) is 3.20. The van der Waals surface area contributed by atoms with E-state index in [2.05, 4.69) is 60.7 Å². The zero-order chi connectivity index (χ0) is 31.2. The van der Waals surface area contributed by atoms with Gasteiger partial charge in [0.25, 0.3) is 0 Å². The Morgan fingerprint density at radius 1 is 0.558 bits per heavy atom. The number of hydrogen-bond donors (Lipinski definition) is 0. The lowest BCUT2D eigenvalue weighted by molar-refractivity contribution is 0.0191. The molecule has 0 saturated heterocycles. The molecule has 0 bridgehead atoms. The molecule has 1 aliphatic carbocycles. The van der Waals surface area contributed by atoms with Crippen LogP contribution >= 0.6 is 0 Å². The van der Waals surface area contributed by atoms with E-state index in [1.807, 2.05) is 38.1 Å². The van der Waals surface area contributed by atoms with Crippen molar-refractivity contribution >= 4 is 12.3 Å². The smallest absolute Gasteiger partial charge is 0.428 e.